The fraction of sp³-hybridized carbons (Fsp3) is 0.318. The van der Waals surface area contributed by atoms with E-state index in [2.05, 4.69) is 10.6 Å². The fourth-order valence-electron chi connectivity index (χ4n) is 2.89. The molecule has 31 heavy (non-hydrogen) atoms. The molecule has 0 saturated carbocycles. The third kappa shape index (κ3) is 8.85. The van der Waals surface area contributed by atoms with Crippen LogP contribution in [0.3, 0.4) is 0 Å². The third-order valence-electron chi connectivity index (χ3n) is 4.52. The molecule has 0 aliphatic rings. The molecule has 1 amide bonds. The van der Waals surface area contributed by atoms with E-state index >= 15 is 0 Å². The summed E-state index contributed by atoms with van der Waals surface area (Å²) in [5, 5.41) is 33.9. The lowest BCUT2D eigenvalue weighted by Crippen LogP contribution is -2.55. The van der Waals surface area contributed by atoms with E-state index in [4.69, 9.17) is 9.84 Å². The van der Waals surface area contributed by atoms with Gasteiger partial charge in [0.25, 0.3) is 0 Å². The second kappa shape index (κ2) is 12.3. The van der Waals surface area contributed by atoms with Crippen molar-refractivity contribution in [3.05, 3.63) is 71.8 Å². The lowest BCUT2D eigenvalue weighted by Gasteiger charge is -2.27. The van der Waals surface area contributed by atoms with Crippen LogP contribution in [-0.2, 0) is 27.4 Å². The second-order valence-electron chi connectivity index (χ2n) is 6.94. The molecular weight excluding hydrogens is 404 g/mol. The molecule has 3 atom stereocenters. The molecule has 0 spiro atoms. The molecule has 0 fully saturated rings. The van der Waals surface area contributed by atoms with E-state index in [9.17, 15) is 24.6 Å². The quantitative estimate of drug-likeness (QED) is 0.320. The van der Waals surface area contributed by atoms with E-state index in [0.29, 0.717) is 0 Å². The zero-order valence-corrected chi connectivity index (χ0v) is 16.8. The van der Waals surface area contributed by atoms with Gasteiger partial charge < -0.3 is 25.4 Å². The highest BCUT2D eigenvalue weighted by atomic mass is 16.5. The number of amides is 1. The Kier molecular flexibility index (Phi) is 9.47. The Labute approximate surface area is 179 Å². The van der Waals surface area contributed by atoms with Crippen LogP contribution in [0.1, 0.15) is 24.0 Å². The van der Waals surface area contributed by atoms with Gasteiger partial charge in [0.1, 0.15) is 18.9 Å². The lowest BCUT2D eigenvalue weighted by molar-refractivity contribution is -0.141. The molecule has 0 bridgehead atoms. The standard InChI is InChI=1S/C22H26N2O7/c25-19(26)12-11-17(24-22(30)31-14-16-9-5-2-6-10-16)20(27)23-18(21(28)29)13-15-7-3-1-4-8-15/h1-10,17-18,20,23,27H,11-14H2,(H,24,30)(H,25,26)(H,28,29)/t17-,18-,20?/m0/s1. The Morgan fingerprint density at radius 1 is 0.903 bits per heavy atom. The number of carbonyl (C=O) groups is 3. The average Bonchev–Trinajstić information content (AvgIpc) is 2.75. The van der Waals surface area contributed by atoms with Gasteiger partial charge in [-0.3, -0.25) is 14.9 Å². The summed E-state index contributed by atoms with van der Waals surface area (Å²) in [6.07, 6.45) is -2.72. The Morgan fingerprint density at radius 3 is 2.03 bits per heavy atom. The van der Waals surface area contributed by atoms with Gasteiger partial charge in [-0.2, -0.15) is 0 Å². The summed E-state index contributed by atoms with van der Waals surface area (Å²) < 4.78 is 5.11. The van der Waals surface area contributed by atoms with E-state index in [1.54, 1.807) is 54.6 Å². The molecule has 2 rings (SSSR count). The SMILES string of the molecule is O=C(O)CC[C@H](NC(=O)OCc1ccccc1)C(O)N[C@@H](Cc1ccccc1)C(=O)O. The number of carboxylic acid groups (broad SMARTS) is 2. The van der Waals surface area contributed by atoms with E-state index < -0.39 is 36.3 Å². The summed E-state index contributed by atoms with van der Waals surface area (Å²) in [6, 6.07) is 15.6. The van der Waals surface area contributed by atoms with Gasteiger partial charge in [0.2, 0.25) is 0 Å². The van der Waals surface area contributed by atoms with E-state index in [-0.39, 0.29) is 25.9 Å². The van der Waals surface area contributed by atoms with Crippen LogP contribution in [0.15, 0.2) is 60.7 Å². The monoisotopic (exact) mass is 430 g/mol. The van der Waals surface area contributed by atoms with Crippen molar-refractivity contribution in [2.75, 3.05) is 0 Å². The maximum Gasteiger partial charge on any atom is 0.407 e. The Bertz CT molecular complexity index is 845. The van der Waals surface area contributed by atoms with Crippen LogP contribution in [0.4, 0.5) is 4.79 Å². The molecule has 166 valence electrons. The normalized spacial score (nSPS) is 13.6. The summed E-state index contributed by atoms with van der Waals surface area (Å²) in [7, 11) is 0. The molecule has 9 nitrogen and oxygen atoms in total. The van der Waals surface area contributed by atoms with Crippen LogP contribution in [0, 0.1) is 0 Å². The minimum Gasteiger partial charge on any atom is -0.481 e. The fourth-order valence-corrected chi connectivity index (χ4v) is 2.89. The highest BCUT2D eigenvalue weighted by molar-refractivity contribution is 5.74. The highest BCUT2D eigenvalue weighted by Gasteiger charge is 2.28. The summed E-state index contributed by atoms with van der Waals surface area (Å²) >= 11 is 0. The van der Waals surface area contributed by atoms with Crippen molar-refractivity contribution >= 4 is 18.0 Å². The van der Waals surface area contributed by atoms with Crippen molar-refractivity contribution in [2.24, 2.45) is 0 Å². The number of ether oxygens (including phenoxy) is 1. The lowest BCUT2D eigenvalue weighted by atomic mass is 10.0. The summed E-state index contributed by atoms with van der Waals surface area (Å²) in [5.41, 5.74) is 1.50. The van der Waals surface area contributed by atoms with Crippen molar-refractivity contribution in [2.45, 2.75) is 44.2 Å². The van der Waals surface area contributed by atoms with Gasteiger partial charge in [-0.15, -0.1) is 0 Å². The van der Waals surface area contributed by atoms with Gasteiger partial charge in [-0.05, 0) is 24.0 Å². The maximum absolute atomic E-state index is 12.2. The van der Waals surface area contributed by atoms with Gasteiger partial charge in [0.05, 0.1) is 6.04 Å². The number of aliphatic carboxylic acids is 2. The zero-order valence-electron chi connectivity index (χ0n) is 16.8. The first-order valence-corrected chi connectivity index (χ1v) is 9.75. The highest BCUT2D eigenvalue weighted by Crippen LogP contribution is 2.08. The molecule has 0 aromatic heterocycles. The number of benzene rings is 2. The Balaban J connectivity index is 1.99. The third-order valence-corrected chi connectivity index (χ3v) is 4.52. The number of rotatable bonds is 12. The first-order chi connectivity index (χ1) is 14.8. The number of hydrogen-bond donors (Lipinski definition) is 5. The van der Waals surface area contributed by atoms with Crippen molar-refractivity contribution in [3.8, 4) is 0 Å². The van der Waals surface area contributed by atoms with Gasteiger partial charge in [0, 0.05) is 6.42 Å². The molecule has 0 aliphatic heterocycles. The van der Waals surface area contributed by atoms with Crippen LogP contribution in [0.25, 0.3) is 0 Å². The smallest absolute Gasteiger partial charge is 0.407 e. The molecular formula is C22H26N2O7. The van der Waals surface area contributed by atoms with Crippen molar-refractivity contribution < 1.29 is 34.4 Å². The van der Waals surface area contributed by atoms with Crippen LogP contribution in [-0.4, -0.2) is 51.7 Å². The van der Waals surface area contributed by atoms with Gasteiger partial charge >= 0.3 is 18.0 Å². The van der Waals surface area contributed by atoms with E-state index in [1.165, 1.54) is 0 Å². The topological polar surface area (TPSA) is 145 Å². The molecule has 2 aromatic rings. The number of aliphatic hydroxyl groups is 1. The largest absolute Gasteiger partial charge is 0.481 e. The van der Waals surface area contributed by atoms with E-state index in [1.807, 2.05) is 6.07 Å². The van der Waals surface area contributed by atoms with E-state index in [0.717, 1.165) is 11.1 Å². The van der Waals surface area contributed by atoms with Crippen LogP contribution >= 0.6 is 0 Å². The Hall–Kier alpha value is -3.43. The number of carbonyl (C=O) groups excluding carboxylic acids is 1. The van der Waals surface area contributed by atoms with Gasteiger partial charge in [-0.25, -0.2) is 4.79 Å². The molecule has 1 unspecified atom stereocenters. The minimum absolute atomic E-state index is 0.00634. The summed E-state index contributed by atoms with van der Waals surface area (Å²) in [5.74, 6) is -2.30. The van der Waals surface area contributed by atoms with Crippen LogP contribution < -0.4 is 10.6 Å². The van der Waals surface area contributed by atoms with Gasteiger partial charge in [0.15, 0.2) is 0 Å². The number of aliphatic hydroxyl groups excluding tert-OH is 1. The number of alkyl carbamates (subject to hydrolysis) is 1. The van der Waals surface area contributed by atoms with Crippen LogP contribution in [0.5, 0.6) is 0 Å². The number of carboxylic acids is 2. The first-order valence-electron chi connectivity index (χ1n) is 9.75. The molecule has 2 aromatic carbocycles. The number of nitrogens with one attached hydrogen (secondary N) is 2. The van der Waals surface area contributed by atoms with Crippen molar-refractivity contribution in [3.63, 3.8) is 0 Å². The number of hydrogen-bond acceptors (Lipinski definition) is 6. The van der Waals surface area contributed by atoms with Crippen molar-refractivity contribution in [1.82, 2.24) is 10.6 Å². The first kappa shape index (κ1) is 23.8. The summed E-state index contributed by atoms with van der Waals surface area (Å²) in [4.78, 5) is 34.7. The molecule has 0 heterocycles. The Morgan fingerprint density at radius 2 is 1.48 bits per heavy atom. The molecule has 0 saturated heterocycles. The second-order valence-corrected chi connectivity index (χ2v) is 6.94. The maximum atomic E-state index is 12.2. The zero-order chi connectivity index (χ0) is 22.6. The average molecular weight is 430 g/mol. The molecule has 0 radical (unpaired) electrons. The van der Waals surface area contributed by atoms with Crippen LogP contribution in [0.2, 0.25) is 0 Å². The molecule has 0 aliphatic carbocycles. The predicted octanol–water partition coefficient (Wildman–Crippen LogP) is 1.75. The minimum atomic E-state index is -1.51. The molecule has 5 N–H and O–H groups in total. The van der Waals surface area contributed by atoms with Gasteiger partial charge in [-0.1, -0.05) is 60.7 Å². The van der Waals surface area contributed by atoms with Crippen molar-refractivity contribution in [1.29, 1.82) is 0 Å². The summed E-state index contributed by atoms with van der Waals surface area (Å²) in [6.45, 7) is -0.00634. The predicted molar refractivity (Wildman–Crippen MR) is 111 cm³/mol. The molecule has 9 heteroatoms.